The fourth-order valence-corrected chi connectivity index (χ4v) is 2.38. The molecule has 0 heterocycles. The van der Waals surface area contributed by atoms with Crippen molar-refractivity contribution in [3.05, 3.63) is 63.7 Å². The van der Waals surface area contributed by atoms with Crippen LogP contribution < -0.4 is 10.1 Å². The van der Waals surface area contributed by atoms with Gasteiger partial charge in [0.1, 0.15) is 5.75 Å². The third-order valence-corrected chi connectivity index (χ3v) is 3.99. The van der Waals surface area contributed by atoms with Gasteiger partial charge < -0.3 is 10.1 Å². The third-order valence-electron chi connectivity index (χ3n) is 3.99. The Morgan fingerprint density at radius 3 is 2.32 bits per heavy atom. The van der Waals surface area contributed by atoms with E-state index in [4.69, 9.17) is 4.74 Å². The molecule has 0 radical (unpaired) electrons. The van der Waals surface area contributed by atoms with E-state index in [1.807, 2.05) is 24.3 Å². The van der Waals surface area contributed by atoms with E-state index in [1.54, 1.807) is 19.9 Å². The van der Waals surface area contributed by atoms with Crippen molar-refractivity contribution in [3.8, 4) is 5.75 Å². The summed E-state index contributed by atoms with van der Waals surface area (Å²) in [5.74, 6) is 0.658. The Morgan fingerprint density at radius 1 is 1.12 bits per heavy atom. The van der Waals surface area contributed by atoms with E-state index in [-0.39, 0.29) is 11.6 Å². The standard InChI is InChI=1S/C19H22N2O4/c1-12(2)15-8-10-16(11-9-15)25-14(4)19(22)20-17-6-5-7-18(13(17)3)21(23)24/h5-12,14H,1-4H3,(H,20,22)/t14-/m0/s1. The summed E-state index contributed by atoms with van der Waals surface area (Å²) in [6, 6.07) is 12.2. The predicted molar refractivity (Wildman–Crippen MR) is 97.1 cm³/mol. The van der Waals surface area contributed by atoms with Crippen LogP contribution in [0.1, 0.15) is 37.8 Å². The monoisotopic (exact) mass is 342 g/mol. The molecule has 0 aromatic heterocycles. The first-order valence-corrected chi connectivity index (χ1v) is 8.11. The van der Waals surface area contributed by atoms with Crippen molar-refractivity contribution in [2.45, 2.75) is 39.7 Å². The molecule has 25 heavy (non-hydrogen) atoms. The second-order valence-electron chi connectivity index (χ2n) is 6.18. The lowest BCUT2D eigenvalue weighted by molar-refractivity contribution is -0.385. The number of ether oxygens (including phenoxy) is 1. The lowest BCUT2D eigenvalue weighted by Gasteiger charge is -2.16. The quantitative estimate of drug-likeness (QED) is 0.622. The Hall–Kier alpha value is -2.89. The fraction of sp³-hybridized carbons (Fsp3) is 0.316. The largest absolute Gasteiger partial charge is 0.481 e. The number of carbonyl (C=O) groups excluding carboxylic acids is 1. The van der Waals surface area contributed by atoms with Gasteiger partial charge in [-0.05, 0) is 43.5 Å². The van der Waals surface area contributed by atoms with Crippen molar-refractivity contribution in [3.63, 3.8) is 0 Å². The average molecular weight is 342 g/mol. The molecular weight excluding hydrogens is 320 g/mol. The first-order chi connectivity index (χ1) is 11.8. The highest BCUT2D eigenvalue weighted by Crippen LogP contribution is 2.25. The van der Waals surface area contributed by atoms with Crippen molar-refractivity contribution in [2.75, 3.05) is 5.32 Å². The molecule has 0 fully saturated rings. The molecule has 1 amide bonds. The molecule has 0 saturated carbocycles. The van der Waals surface area contributed by atoms with Crippen LogP contribution in [-0.4, -0.2) is 16.9 Å². The first kappa shape index (κ1) is 18.4. The average Bonchev–Trinajstić information content (AvgIpc) is 2.56. The van der Waals surface area contributed by atoms with E-state index in [0.29, 0.717) is 22.9 Å². The number of hydrogen-bond donors (Lipinski definition) is 1. The number of nitrogens with one attached hydrogen (secondary N) is 1. The maximum atomic E-state index is 12.3. The molecule has 6 heteroatoms. The molecular formula is C19H22N2O4. The Kier molecular flexibility index (Phi) is 5.75. The van der Waals surface area contributed by atoms with Crippen LogP contribution in [0.2, 0.25) is 0 Å². The van der Waals surface area contributed by atoms with Gasteiger partial charge in [0.2, 0.25) is 0 Å². The summed E-state index contributed by atoms with van der Waals surface area (Å²) in [5.41, 5.74) is 1.98. The zero-order valence-corrected chi connectivity index (χ0v) is 14.8. The molecule has 2 aromatic carbocycles. The molecule has 0 aliphatic rings. The van der Waals surface area contributed by atoms with E-state index >= 15 is 0 Å². The first-order valence-electron chi connectivity index (χ1n) is 8.11. The Balaban J connectivity index is 2.05. The smallest absolute Gasteiger partial charge is 0.274 e. The number of benzene rings is 2. The van der Waals surface area contributed by atoms with Gasteiger partial charge in [-0.25, -0.2) is 0 Å². The molecule has 0 aliphatic carbocycles. The van der Waals surface area contributed by atoms with E-state index in [0.717, 1.165) is 0 Å². The molecule has 2 rings (SSSR count). The summed E-state index contributed by atoms with van der Waals surface area (Å²) >= 11 is 0. The molecule has 0 spiro atoms. The van der Waals surface area contributed by atoms with E-state index in [1.165, 1.54) is 17.7 Å². The molecule has 0 bridgehead atoms. The highest BCUT2D eigenvalue weighted by atomic mass is 16.6. The van der Waals surface area contributed by atoms with Gasteiger partial charge in [-0.1, -0.05) is 32.0 Å². The molecule has 132 valence electrons. The summed E-state index contributed by atoms with van der Waals surface area (Å²) in [4.78, 5) is 22.8. The SMILES string of the molecule is Cc1c(NC(=O)[C@H](C)Oc2ccc(C(C)C)cc2)cccc1[N+](=O)[O-]. The highest BCUT2D eigenvalue weighted by molar-refractivity contribution is 5.95. The van der Waals surface area contributed by atoms with Crippen molar-refractivity contribution >= 4 is 17.3 Å². The lowest BCUT2D eigenvalue weighted by atomic mass is 10.0. The molecule has 1 N–H and O–H groups in total. The zero-order chi connectivity index (χ0) is 18.6. The fourth-order valence-electron chi connectivity index (χ4n) is 2.38. The van der Waals surface area contributed by atoms with Crippen LogP contribution in [0.3, 0.4) is 0 Å². The van der Waals surface area contributed by atoms with Crippen LogP contribution in [0.4, 0.5) is 11.4 Å². The summed E-state index contributed by atoms with van der Waals surface area (Å²) in [7, 11) is 0. The number of nitro groups is 1. The topological polar surface area (TPSA) is 81.5 Å². The number of nitrogens with zero attached hydrogens (tertiary/aromatic N) is 1. The van der Waals surface area contributed by atoms with Crippen molar-refractivity contribution in [2.24, 2.45) is 0 Å². The van der Waals surface area contributed by atoms with E-state index in [9.17, 15) is 14.9 Å². The van der Waals surface area contributed by atoms with Crippen LogP contribution >= 0.6 is 0 Å². The van der Waals surface area contributed by atoms with Crippen LogP contribution in [0, 0.1) is 17.0 Å². The third kappa shape index (κ3) is 4.56. The van der Waals surface area contributed by atoms with Gasteiger partial charge in [0.25, 0.3) is 11.6 Å². The Bertz CT molecular complexity index is 769. The van der Waals surface area contributed by atoms with Gasteiger partial charge in [0, 0.05) is 6.07 Å². The minimum atomic E-state index is -0.733. The number of rotatable bonds is 6. The summed E-state index contributed by atoms with van der Waals surface area (Å²) < 4.78 is 5.65. The molecule has 0 aliphatic heterocycles. The molecule has 2 aromatic rings. The lowest BCUT2D eigenvalue weighted by Crippen LogP contribution is -2.30. The summed E-state index contributed by atoms with van der Waals surface area (Å²) in [6.45, 7) is 7.45. The predicted octanol–water partition coefficient (Wildman–Crippen LogP) is 4.43. The van der Waals surface area contributed by atoms with Crippen molar-refractivity contribution in [1.29, 1.82) is 0 Å². The van der Waals surface area contributed by atoms with Gasteiger partial charge in [0.15, 0.2) is 6.10 Å². The minimum absolute atomic E-state index is 0.0318. The Labute approximate surface area is 147 Å². The molecule has 6 nitrogen and oxygen atoms in total. The van der Waals surface area contributed by atoms with Crippen LogP contribution in [0.15, 0.2) is 42.5 Å². The van der Waals surface area contributed by atoms with E-state index < -0.39 is 11.0 Å². The van der Waals surface area contributed by atoms with Crippen LogP contribution in [-0.2, 0) is 4.79 Å². The van der Waals surface area contributed by atoms with Gasteiger partial charge in [0.05, 0.1) is 16.2 Å². The highest BCUT2D eigenvalue weighted by Gasteiger charge is 2.19. The van der Waals surface area contributed by atoms with E-state index in [2.05, 4.69) is 19.2 Å². The molecule has 0 saturated heterocycles. The molecule has 0 unspecified atom stereocenters. The van der Waals surface area contributed by atoms with Gasteiger partial charge in [-0.15, -0.1) is 0 Å². The van der Waals surface area contributed by atoms with Crippen molar-refractivity contribution < 1.29 is 14.5 Å². The Morgan fingerprint density at radius 2 is 1.76 bits per heavy atom. The van der Waals surface area contributed by atoms with Crippen LogP contribution in [0.25, 0.3) is 0 Å². The second kappa shape index (κ2) is 7.79. The maximum Gasteiger partial charge on any atom is 0.274 e. The minimum Gasteiger partial charge on any atom is -0.481 e. The van der Waals surface area contributed by atoms with Gasteiger partial charge in [-0.2, -0.15) is 0 Å². The zero-order valence-electron chi connectivity index (χ0n) is 14.8. The normalized spacial score (nSPS) is 11.9. The molecule has 1 atom stereocenters. The maximum absolute atomic E-state index is 12.3. The van der Waals surface area contributed by atoms with Crippen LogP contribution in [0.5, 0.6) is 5.75 Å². The number of amides is 1. The summed E-state index contributed by atoms with van der Waals surface area (Å²) in [5, 5.41) is 13.7. The van der Waals surface area contributed by atoms with Crippen molar-refractivity contribution in [1.82, 2.24) is 0 Å². The summed E-state index contributed by atoms with van der Waals surface area (Å²) in [6.07, 6.45) is -0.733. The number of nitro benzene ring substituents is 1. The number of anilines is 1. The second-order valence-corrected chi connectivity index (χ2v) is 6.18. The number of hydrogen-bond acceptors (Lipinski definition) is 4. The van der Waals surface area contributed by atoms with Gasteiger partial charge in [-0.3, -0.25) is 14.9 Å². The van der Waals surface area contributed by atoms with Gasteiger partial charge >= 0.3 is 0 Å². The number of carbonyl (C=O) groups is 1.